The second-order valence-corrected chi connectivity index (χ2v) is 5.52. The molecule has 0 N–H and O–H groups in total. The molecule has 2 rings (SSSR count). The third kappa shape index (κ3) is 2.93. The Bertz CT molecular complexity index is 395. The van der Waals surface area contributed by atoms with Crippen LogP contribution in [0.3, 0.4) is 0 Å². The summed E-state index contributed by atoms with van der Waals surface area (Å²) < 4.78 is 0. The van der Waals surface area contributed by atoms with Crippen molar-refractivity contribution >= 4 is 23.2 Å². The van der Waals surface area contributed by atoms with Crippen LogP contribution in [0, 0.1) is 0 Å². The van der Waals surface area contributed by atoms with Gasteiger partial charge in [-0.2, -0.15) is 0 Å². The van der Waals surface area contributed by atoms with Crippen LogP contribution >= 0.6 is 23.2 Å². The van der Waals surface area contributed by atoms with Gasteiger partial charge in [-0.3, -0.25) is 4.90 Å². The second-order valence-electron chi connectivity index (χ2n) is 4.72. The second kappa shape index (κ2) is 5.55. The first kappa shape index (κ1) is 13.1. The molecule has 1 aliphatic heterocycles. The lowest BCUT2D eigenvalue weighted by Crippen LogP contribution is -2.33. The zero-order valence-corrected chi connectivity index (χ0v) is 11.8. The van der Waals surface area contributed by atoms with E-state index < -0.39 is 0 Å². The van der Waals surface area contributed by atoms with E-state index in [0.717, 1.165) is 12.2 Å². The quantitative estimate of drug-likeness (QED) is 0.769. The summed E-state index contributed by atoms with van der Waals surface area (Å²) in [5.41, 5.74) is 0.895. The smallest absolute Gasteiger partial charge is 0.129 e. The van der Waals surface area contributed by atoms with E-state index in [1.165, 1.54) is 19.3 Å². The van der Waals surface area contributed by atoms with E-state index in [1.807, 2.05) is 6.07 Å². The number of likely N-dealkylation sites (tertiary alicyclic amines) is 1. The Hall–Kier alpha value is -0.310. The van der Waals surface area contributed by atoms with Crippen LogP contribution in [0.15, 0.2) is 12.1 Å². The lowest BCUT2D eigenvalue weighted by atomic mass is 10.1. The molecule has 94 valence electrons. The van der Waals surface area contributed by atoms with Gasteiger partial charge < -0.3 is 0 Å². The maximum Gasteiger partial charge on any atom is 0.129 e. The van der Waals surface area contributed by atoms with Crippen molar-refractivity contribution in [2.45, 2.75) is 51.7 Å². The van der Waals surface area contributed by atoms with Crippen molar-refractivity contribution < 1.29 is 0 Å². The predicted octanol–water partition coefficient (Wildman–Crippen LogP) is 4.15. The standard InChI is InChI=1S/C13H18Cl2N2/c1-3-10-5-4-9(2)17(10)8-12-11(14)6-7-13(15)16-12/h6-7,9-10H,3-5,8H2,1-2H3. The molecular formula is C13H18Cl2N2. The molecule has 0 radical (unpaired) electrons. The maximum absolute atomic E-state index is 6.17. The minimum Gasteiger partial charge on any atom is -0.292 e. The molecule has 0 spiro atoms. The molecule has 1 aromatic rings. The van der Waals surface area contributed by atoms with E-state index in [2.05, 4.69) is 23.7 Å². The molecule has 0 saturated carbocycles. The first-order valence-electron chi connectivity index (χ1n) is 6.18. The molecule has 2 heterocycles. The summed E-state index contributed by atoms with van der Waals surface area (Å²) in [4.78, 5) is 6.82. The van der Waals surface area contributed by atoms with Crippen LogP contribution in [-0.4, -0.2) is 22.0 Å². The molecule has 1 aromatic heterocycles. The first-order valence-corrected chi connectivity index (χ1v) is 6.94. The molecule has 0 bridgehead atoms. The lowest BCUT2D eigenvalue weighted by molar-refractivity contribution is 0.187. The minimum absolute atomic E-state index is 0.518. The van der Waals surface area contributed by atoms with Crippen molar-refractivity contribution in [1.29, 1.82) is 0 Å². The fraction of sp³-hybridized carbons (Fsp3) is 0.615. The average Bonchev–Trinajstić information content (AvgIpc) is 2.65. The van der Waals surface area contributed by atoms with Crippen LogP contribution in [0.5, 0.6) is 0 Å². The van der Waals surface area contributed by atoms with Crippen LogP contribution in [-0.2, 0) is 6.54 Å². The van der Waals surface area contributed by atoms with Gasteiger partial charge in [0.2, 0.25) is 0 Å². The molecule has 4 heteroatoms. The van der Waals surface area contributed by atoms with Crippen LogP contribution in [0.4, 0.5) is 0 Å². The van der Waals surface area contributed by atoms with Gasteiger partial charge >= 0.3 is 0 Å². The molecule has 1 aliphatic rings. The van der Waals surface area contributed by atoms with Gasteiger partial charge in [-0.05, 0) is 38.3 Å². The molecule has 2 unspecified atom stereocenters. The number of halogens is 2. The van der Waals surface area contributed by atoms with E-state index in [1.54, 1.807) is 6.07 Å². The lowest BCUT2D eigenvalue weighted by Gasteiger charge is -2.27. The summed E-state index contributed by atoms with van der Waals surface area (Å²) in [6.45, 7) is 5.32. The summed E-state index contributed by atoms with van der Waals surface area (Å²) in [7, 11) is 0. The Balaban J connectivity index is 2.16. The highest BCUT2D eigenvalue weighted by atomic mass is 35.5. The van der Waals surface area contributed by atoms with Gasteiger partial charge in [0.05, 0.1) is 10.7 Å². The molecule has 0 aromatic carbocycles. The van der Waals surface area contributed by atoms with Gasteiger partial charge in [-0.15, -0.1) is 0 Å². The summed E-state index contributed by atoms with van der Waals surface area (Å²) in [5.74, 6) is 0. The third-order valence-electron chi connectivity index (χ3n) is 3.64. The molecule has 0 aliphatic carbocycles. The third-order valence-corrected chi connectivity index (χ3v) is 4.20. The van der Waals surface area contributed by atoms with Crippen LogP contribution in [0.1, 0.15) is 38.8 Å². The summed E-state index contributed by atoms with van der Waals surface area (Å²) in [6.07, 6.45) is 3.72. The molecule has 2 nitrogen and oxygen atoms in total. The van der Waals surface area contributed by atoms with Gasteiger partial charge in [-0.1, -0.05) is 30.1 Å². The Morgan fingerprint density at radius 1 is 1.35 bits per heavy atom. The Morgan fingerprint density at radius 3 is 2.82 bits per heavy atom. The molecule has 2 atom stereocenters. The van der Waals surface area contributed by atoms with E-state index >= 15 is 0 Å². The minimum atomic E-state index is 0.518. The van der Waals surface area contributed by atoms with Crippen LogP contribution in [0.2, 0.25) is 10.2 Å². The summed E-state index contributed by atoms with van der Waals surface area (Å²) in [6, 6.07) is 4.82. The number of pyridine rings is 1. The van der Waals surface area contributed by atoms with E-state index in [-0.39, 0.29) is 0 Å². The highest BCUT2D eigenvalue weighted by Crippen LogP contribution is 2.29. The van der Waals surface area contributed by atoms with Crippen molar-refractivity contribution in [2.75, 3.05) is 0 Å². The number of hydrogen-bond acceptors (Lipinski definition) is 2. The van der Waals surface area contributed by atoms with Crippen molar-refractivity contribution in [1.82, 2.24) is 9.88 Å². The highest BCUT2D eigenvalue weighted by molar-refractivity contribution is 6.32. The van der Waals surface area contributed by atoms with Gasteiger partial charge in [0.1, 0.15) is 5.15 Å². The summed E-state index contributed by atoms with van der Waals surface area (Å²) in [5, 5.41) is 1.23. The molecule has 1 saturated heterocycles. The fourth-order valence-electron chi connectivity index (χ4n) is 2.59. The topological polar surface area (TPSA) is 16.1 Å². The predicted molar refractivity (Wildman–Crippen MR) is 72.6 cm³/mol. The van der Waals surface area contributed by atoms with Crippen LogP contribution < -0.4 is 0 Å². The Morgan fingerprint density at radius 2 is 2.12 bits per heavy atom. The maximum atomic E-state index is 6.17. The zero-order valence-electron chi connectivity index (χ0n) is 10.3. The van der Waals surface area contributed by atoms with E-state index in [4.69, 9.17) is 23.2 Å². The SMILES string of the molecule is CCC1CCC(C)N1Cc1nc(Cl)ccc1Cl. The van der Waals surface area contributed by atoms with Gasteiger partial charge in [-0.25, -0.2) is 4.98 Å². The van der Waals surface area contributed by atoms with Crippen molar-refractivity contribution in [3.8, 4) is 0 Å². The summed E-state index contributed by atoms with van der Waals surface area (Å²) >= 11 is 12.1. The van der Waals surface area contributed by atoms with E-state index in [0.29, 0.717) is 22.3 Å². The highest BCUT2D eigenvalue weighted by Gasteiger charge is 2.29. The molecule has 1 fully saturated rings. The monoisotopic (exact) mass is 272 g/mol. The number of hydrogen-bond donors (Lipinski definition) is 0. The largest absolute Gasteiger partial charge is 0.292 e. The fourth-order valence-corrected chi connectivity index (χ4v) is 2.92. The van der Waals surface area contributed by atoms with Crippen molar-refractivity contribution in [2.24, 2.45) is 0 Å². The molecule has 0 amide bonds. The number of nitrogens with zero attached hydrogens (tertiary/aromatic N) is 2. The average molecular weight is 273 g/mol. The van der Waals surface area contributed by atoms with Gasteiger partial charge in [0.25, 0.3) is 0 Å². The number of aromatic nitrogens is 1. The van der Waals surface area contributed by atoms with Crippen molar-refractivity contribution in [3.63, 3.8) is 0 Å². The normalized spacial score (nSPS) is 25.4. The zero-order chi connectivity index (χ0) is 12.4. The Labute approximate surface area is 113 Å². The van der Waals surface area contributed by atoms with Gasteiger partial charge in [0, 0.05) is 18.6 Å². The van der Waals surface area contributed by atoms with Gasteiger partial charge in [0.15, 0.2) is 0 Å². The Kier molecular flexibility index (Phi) is 4.29. The van der Waals surface area contributed by atoms with Crippen LogP contribution in [0.25, 0.3) is 0 Å². The number of rotatable bonds is 3. The first-order chi connectivity index (χ1) is 8.11. The molecular weight excluding hydrogens is 255 g/mol. The molecule has 17 heavy (non-hydrogen) atoms. The van der Waals surface area contributed by atoms with Crippen molar-refractivity contribution in [3.05, 3.63) is 28.0 Å². The van der Waals surface area contributed by atoms with E-state index in [9.17, 15) is 0 Å².